The molecular formula is C17H30O15. The zero-order chi connectivity index (χ0) is 23.7. The number of aliphatic hydroxyl groups excluding tert-OH is 10. The van der Waals surface area contributed by atoms with Crippen LogP contribution in [0.15, 0.2) is 0 Å². The lowest BCUT2D eigenvalue weighted by Gasteiger charge is -2.44. The number of hydrogen-bond donors (Lipinski definition) is 10. The summed E-state index contributed by atoms with van der Waals surface area (Å²) in [5, 5.41) is 98.7. The van der Waals surface area contributed by atoms with Crippen LogP contribution in [0.5, 0.6) is 0 Å². The Morgan fingerprint density at radius 2 is 1.28 bits per heavy atom. The van der Waals surface area contributed by atoms with Crippen molar-refractivity contribution in [3.05, 3.63) is 0 Å². The predicted molar refractivity (Wildman–Crippen MR) is 95.2 cm³/mol. The first-order chi connectivity index (χ1) is 15.1. The summed E-state index contributed by atoms with van der Waals surface area (Å²) in [6, 6.07) is 0. The summed E-state index contributed by atoms with van der Waals surface area (Å²) in [6.07, 6.45) is -22.2. The Kier molecular flexibility index (Phi) is 8.75. The van der Waals surface area contributed by atoms with E-state index in [0.717, 1.165) is 0 Å². The summed E-state index contributed by atoms with van der Waals surface area (Å²) in [6.45, 7) is -1.62. The van der Waals surface area contributed by atoms with Crippen molar-refractivity contribution in [3.8, 4) is 0 Å². The summed E-state index contributed by atoms with van der Waals surface area (Å²) in [7, 11) is 0. The molecule has 0 radical (unpaired) electrons. The van der Waals surface area contributed by atoms with Crippen molar-refractivity contribution in [1.82, 2.24) is 0 Å². The van der Waals surface area contributed by atoms with Crippen molar-refractivity contribution in [1.29, 1.82) is 0 Å². The third-order valence-electron chi connectivity index (χ3n) is 5.68. The molecule has 3 fully saturated rings. The minimum atomic E-state index is -1.85. The van der Waals surface area contributed by atoms with Crippen LogP contribution in [0.4, 0.5) is 0 Å². The molecule has 0 aliphatic carbocycles. The van der Waals surface area contributed by atoms with Crippen molar-refractivity contribution in [2.24, 2.45) is 0 Å². The molecule has 14 atom stereocenters. The van der Waals surface area contributed by atoms with Crippen LogP contribution >= 0.6 is 0 Å². The summed E-state index contributed by atoms with van der Waals surface area (Å²) in [4.78, 5) is 0. The highest BCUT2D eigenvalue weighted by atomic mass is 16.7. The van der Waals surface area contributed by atoms with Crippen molar-refractivity contribution >= 4 is 0 Å². The van der Waals surface area contributed by atoms with Gasteiger partial charge in [-0.3, -0.25) is 0 Å². The zero-order valence-corrected chi connectivity index (χ0v) is 16.7. The van der Waals surface area contributed by atoms with E-state index in [1.54, 1.807) is 0 Å². The fraction of sp³-hybridized carbons (Fsp3) is 1.00. The van der Waals surface area contributed by atoms with Gasteiger partial charge in [-0.05, 0) is 0 Å². The van der Waals surface area contributed by atoms with Gasteiger partial charge in [-0.2, -0.15) is 0 Å². The third kappa shape index (κ3) is 5.22. The van der Waals surface area contributed by atoms with Crippen LogP contribution in [0.25, 0.3) is 0 Å². The second-order valence-electron chi connectivity index (χ2n) is 7.93. The molecule has 0 aromatic carbocycles. The topological polar surface area (TPSA) is 248 Å². The van der Waals surface area contributed by atoms with Gasteiger partial charge in [0.1, 0.15) is 67.1 Å². The number of hydrogen-bond acceptors (Lipinski definition) is 15. The van der Waals surface area contributed by atoms with Crippen LogP contribution in [0.3, 0.4) is 0 Å². The van der Waals surface area contributed by atoms with E-state index in [1.807, 2.05) is 0 Å². The van der Waals surface area contributed by atoms with Crippen LogP contribution in [0.1, 0.15) is 0 Å². The Balaban J connectivity index is 1.56. The second kappa shape index (κ2) is 10.8. The van der Waals surface area contributed by atoms with Gasteiger partial charge in [0, 0.05) is 0 Å². The highest BCUT2D eigenvalue weighted by Gasteiger charge is 2.49. The van der Waals surface area contributed by atoms with Crippen molar-refractivity contribution in [3.63, 3.8) is 0 Å². The molecule has 2 unspecified atom stereocenters. The zero-order valence-electron chi connectivity index (χ0n) is 16.7. The largest absolute Gasteiger partial charge is 0.394 e. The minimum Gasteiger partial charge on any atom is -0.394 e. The Hall–Kier alpha value is -0.600. The standard InChI is InChI=1S/C17H30O15/c18-1-5-8(21)10(23)13(26)16(31-5)29-3-6-9(22)11(24)14(15(27)30-6)32-17-12(25)7(20)4(19)2-28-17/h4-27H,1-3H2/t4-,5-,6-,7+,8-,9+,10+,11+,12-,13-,14-,15?,16-,17?/m1/s1. The van der Waals surface area contributed by atoms with Crippen molar-refractivity contribution < 1.29 is 74.7 Å². The van der Waals surface area contributed by atoms with E-state index in [2.05, 4.69) is 0 Å². The molecule has 32 heavy (non-hydrogen) atoms. The number of aliphatic hydroxyl groups is 10. The van der Waals surface area contributed by atoms with Crippen LogP contribution in [-0.2, 0) is 23.7 Å². The summed E-state index contributed by atoms with van der Waals surface area (Å²) < 4.78 is 25.9. The molecule has 0 spiro atoms. The number of rotatable bonds is 6. The molecule has 3 aliphatic rings. The molecular weight excluding hydrogens is 444 g/mol. The third-order valence-corrected chi connectivity index (χ3v) is 5.68. The van der Waals surface area contributed by atoms with Crippen LogP contribution in [0, 0.1) is 0 Å². The number of ether oxygens (including phenoxy) is 5. The highest BCUT2D eigenvalue weighted by molar-refractivity contribution is 4.93. The lowest BCUT2D eigenvalue weighted by Crippen LogP contribution is -2.63. The molecule has 0 aromatic rings. The van der Waals surface area contributed by atoms with E-state index in [0.29, 0.717) is 0 Å². The Morgan fingerprint density at radius 1 is 0.656 bits per heavy atom. The Labute approximate surface area is 181 Å². The molecule has 15 heteroatoms. The molecule has 3 saturated heterocycles. The molecule has 188 valence electrons. The maximum Gasteiger partial charge on any atom is 0.186 e. The average Bonchev–Trinajstić information content (AvgIpc) is 2.77. The molecule has 3 rings (SSSR count). The molecule has 0 aromatic heterocycles. The van der Waals surface area contributed by atoms with Crippen LogP contribution in [0.2, 0.25) is 0 Å². The molecule has 15 nitrogen and oxygen atoms in total. The second-order valence-corrected chi connectivity index (χ2v) is 7.93. The molecule has 0 amide bonds. The molecule has 0 bridgehead atoms. The maximum absolute atomic E-state index is 10.4. The monoisotopic (exact) mass is 474 g/mol. The van der Waals surface area contributed by atoms with E-state index in [4.69, 9.17) is 23.7 Å². The first kappa shape index (κ1) is 26.0. The Morgan fingerprint density at radius 3 is 1.94 bits per heavy atom. The van der Waals surface area contributed by atoms with Gasteiger partial charge in [0.25, 0.3) is 0 Å². The fourth-order valence-electron chi connectivity index (χ4n) is 3.65. The summed E-state index contributed by atoms with van der Waals surface area (Å²) >= 11 is 0. The van der Waals surface area contributed by atoms with Gasteiger partial charge < -0.3 is 74.7 Å². The van der Waals surface area contributed by atoms with Gasteiger partial charge in [-0.25, -0.2) is 0 Å². The highest BCUT2D eigenvalue weighted by Crippen LogP contribution is 2.28. The van der Waals surface area contributed by atoms with E-state index < -0.39 is 99.2 Å². The first-order valence-electron chi connectivity index (χ1n) is 9.99. The molecule has 0 saturated carbocycles. The van der Waals surface area contributed by atoms with Crippen LogP contribution < -0.4 is 0 Å². The van der Waals surface area contributed by atoms with E-state index in [-0.39, 0.29) is 6.61 Å². The minimum absolute atomic E-state index is 0.388. The summed E-state index contributed by atoms with van der Waals surface area (Å²) in [5.74, 6) is 0. The fourth-order valence-corrected chi connectivity index (χ4v) is 3.65. The lowest BCUT2D eigenvalue weighted by molar-refractivity contribution is -0.357. The van der Waals surface area contributed by atoms with Gasteiger partial charge >= 0.3 is 0 Å². The SMILES string of the molecule is OC[C@H]1O[C@@H](OC[C@H]2OC(O)[C@H](OC3OC[C@@H](O)[C@H](O)[C@H]3O)[C@@H](O)[C@H]2O)[C@H](O)[C@@H](O)[C@@H]1O. The van der Waals surface area contributed by atoms with E-state index in [1.165, 1.54) is 0 Å². The van der Waals surface area contributed by atoms with Gasteiger partial charge in [0.15, 0.2) is 18.9 Å². The summed E-state index contributed by atoms with van der Waals surface area (Å²) in [5.41, 5.74) is 0. The Bertz CT molecular complexity index is 594. The van der Waals surface area contributed by atoms with Gasteiger partial charge in [-0.15, -0.1) is 0 Å². The van der Waals surface area contributed by atoms with Gasteiger partial charge in [0.2, 0.25) is 0 Å². The van der Waals surface area contributed by atoms with Gasteiger partial charge in [-0.1, -0.05) is 0 Å². The first-order valence-corrected chi connectivity index (χ1v) is 9.99. The van der Waals surface area contributed by atoms with Crippen molar-refractivity contribution in [2.45, 2.75) is 86.0 Å². The quantitative estimate of drug-likeness (QED) is 0.172. The lowest BCUT2D eigenvalue weighted by atomic mass is 9.98. The maximum atomic E-state index is 10.4. The van der Waals surface area contributed by atoms with Crippen LogP contribution in [-0.4, -0.2) is 157 Å². The molecule has 3 aliphatic heterocycles. The van der Waals surface area contributed by atoms with Gasteiger partial charge in [0.05, 0.1) is 19.8 Å². The predicted octanol–water partition coefficient (Wildman–Crippen LogP) is -6.93. The van der Waals surface area contributed by atoms with Crippen molar-refractivity contribution in [2.75, 3.05) is 19.8 Å². The molecule has 3 heterocycles. The average molecular weight is 474 g/mol. The normalized spacial score (nSPS) is 52.7. The molecule has 10 N–H and O–H groups in total. The van der Waals surface area contributed by atoms with E-state index >= 15 is 0 Å². The smallest absolute Gasteiger partial charge is 0.186 e. The van der Waals surface area contributed by atoms with E-state index in [9.17, 15) is 51.1 Å².